The SMILES string of the molecule is CC(=O)O[C@H]1C[C@@H](O)CC[C@]2([C@H](C)O)C#C[C@@H]3CCC[C@]4(CNCCc5cccc(c5)[C@@H](Cc5cc(C)cc(C)c5)CNC(N)=NC2)C[C@@H](CCN4)Oc2cc(c(C(O)O)cc2O)C[C@@H]31. The zero-order valence-corrected chi connectivity index (χ0v) is 38.6. The average Bonchev–Trinajstić information content (AvgIpc) is 3.25. The topological polar surface area (TPSA) is 211 Å². The van der Waals surface area contributed by atoms with Gasteiger partial charge in [0.05, 0.1) is 24.2 Å². The van der Waals surface area contributed by atoms with E-state index in [-0.39, 0.29) is 66.4 Å². The summed E-state index contributed by atoms with van der Waals surface area (Å²) < 4.78 is 12.7. The number of hydrogen-bond acceptors (Lipinski definition) is 13. The van der Waals surface area contributed by atoms with E-state index in [0.717, 1.165) is 32.2 Å². The van der Waals surface area contributed by atoms with Crippen molar-refractivity contribution >= 4 is 11.9 Å². The molecule has 0 saturated carbocycles. The Hall–Kier alpha value is -4.68. The molecule has 1 fully saturated rings. The molecule has 10 N–H and O–H groups in total. The fraction of sp³-hybridized carbons (Fsp3) is 0.577. The van der Waals surface area contributed by atoms with Gasteiger partial charge < -0.3 is 56.7 Å². The summed E-state index contributed by atoms with van der Waals surface area (Å²) in [7, 11) is 0. The molecular formula is C52H71N5O8. The Morgan fingerprint density at radius 2 is 1.85 bits per heavy atom. The van der Waals surface area contributed by atoms with Gasteiger partial charge in [0.15, 0.2) is 23.7 Å². The summed E-state index contributed by atoms with van der Waals surface area (Å²) in [6, 6.07) is 18.5. The van der Waals surface area contributed by atoms with Gasteiger partial charge in [-0.1, -0.05) is 71.9 Å². The fourth-order valence-corrected chi connectivity index (χ4v) is 10.8. The zero-order chi connectivity index (χ0) is 46.3. The lowest BCUT2D eigenvalue weighted by molar-refractivity contribution is -0.152. The van der Waals surface area contributed by atoms with Crippen LogP contribution in [0.1, 0.15) is 116 Å². The molecule has 9 atom stereocenters. The van der Waals surface area contributed by atoms with Gasteiger partial charge in [-0.3, -0.25) is 9.79 Å². The second-order valence-electron chi connectivity index (χ2n) is 19.5. The van der Waals surface area contributed by atoms with Crippen LogP contribution >= 0.6 is 0 Å². The van der Waals surface area contributed by atoms with E-state index in [1.54, 1.807) is 13.0 Å². The second kappa shape index (κ2) is 21.3. The van der Waals surface area contributed by atoms with Gasteiger partial charge in [-0.05, 0) is 120 Å². The first kappa shape index (κ1) is 48.3. The van der Waals surface area contributed by atoms with Gasteiger partial charge in [-0.2, -0.15) is 0 Å². The van der Waals surface area contributed by atoms with E-state index >= 15 is 0 Å². The number of guanidine groups is 1. The number of aliphatic hydroxyl groups excluding tert-OH is 3. The largest absolute Gasteiger partial charge is 0.504 e. The number of rotatable bonds is 5. The Balaban J connectivity index is 1.35. The molecule has 0 unspecified atom stereocenters. The number of carbonyl (C=O) groups is 1. The summed E-state index contributed by atoms with van der Waals surface area (Å²) >= 11 is 0. The summed E-state index contributed by atoms with van der Waals surface area (Å²) in [5.41, 5.74) is 11.9. The van der Waals surface area contributed by atoms with Crippen molar-refractivity contribution < 1.29 is 39.8 Å². The van der Waals surface area contributed by atoms with Crippen molar-refractivity contribution in [3.63, 3.8) is 0 Å². The highest BCUT2D eigenvalue weighted by atomic mass is 16.5. The minimum Gasteiger partial charge on any atom is -0.504 e. The number of aryl methyl sites for hydroxylation is 2. The predicted octanol–water partition coefficient (Wildman–Crippen LogP) is 4.74. The van der Waals surface area contributed by atoms with Crippen molar-refractivity contribution in [2.24, 2.45) is 28.0 Å². The summed E-state index contributed by atoms with van der Waals surface area (Å²) in [6.45, 7) is 10.0. The summed E-state index contributed by atoms with van der Waals surface area (Å²) in [6.07, 6.45) is 1.05. The quantitative estimate of drug-likeness (QED) is 0.0967. The van der Waals surface area contributed by atoms with E-state index in [2.05, 4.69) is 84.1 Å². The van der Waals surface area contributed by atoms with Gasteiger partial charge >= 0.3 is 5.97 Å². The first-order chi connectivity index (χ1) is 31.1. The number of carbonyl (C=O) groups excluding carboxylic acids is 1. The minimum absolute atomic E-state index is 0.0702. The van der Waals surface area contributed by atoms with Crippen molar-refractivity contribution in [1.82, 2.24) is 16.0 Å². The van der Waals surface area contributed by atoms with Crippen LogP contribution in [0, 0.1) is 42.9 Å². The van der Waals surface area contributed by atoms with Gasteiger partial charge in [0.2, 0.25) is 0 Å². The molecule has 3 heterocycles. The maximum Gasteiger partial charge on any atom is 0.302 e. The Labute approximate surface area is 384 Å². The number of nitrogens with zero attached hydrogens (tertiary/aromatic N) is 1. The van der Waals surface area contributed by atoms with E-state index in [4.69, 9.17) is 20.2 Å². The molecule has 4 aliphatic rings. The number of fused-ring (bicyclic) bond motifs is 8. The summed E-state index contributed by atoms with van der Waals surface area (Å²) in [5.74, 6) is 5.99. The monoisotopic (exact) mass is 894 g/mol. The molecule has 0 radical (unpaired) electrons. The molecule has 1 saturated heterocycles. The van der Waals surface area contributed by atoms with Crippen LogP contribution in [-0.4, -0.2) is 100 Å². The maximum atomic E-state index is 12.8. The number of ether oxygens (including phenoxy) is 2. The van der Waals surface area contributed by atoms with Gasteiger partial charge in [-0.15, -0.1) is 0 Å². The normalized spacial score (nSPS) is 29.6. The first-order valence-electron chi connectivity index (χ1n) is 23.7. The molecule has 8 bridgehead atoms. The maximum absolute atomic E-state index is 12.8. The average molecular weight is 894 g/mol. The van der Waals surface area contributed by atoms with Crippen LogP contribution in [0.5, 0.6) is 11.5 Å². The number of aliphatic imine (C=N–C) groups is 1. The molecular weight excluding hydrogens is 823 g/mol. The van der Waals surface area contributed by atoms with Crippen LogP contribution in [0.15, 0.2) is 59.6 Å². The van der Waals surface area contributed by atoms with Crippen LogP contribution in [-0.2, 0) is 28.8 Å². The van der Waals surface area contributed by atoms with Crippen molar-refractivity contribution in [3.05, 3.63) is 93.5 Å². The molecule has 3 aliphatic heterocycles. The third-order valence-corrected chi connectivity index (χ3v) is 14.4. The molecule has 0 aromatic heterocycles. The highest BCUT2D eigenvalue weighted by Gasteiger charge is 2.41. The van der Waals surface area contributed by atoms with Gasteiger partial charge in [0.25, 0.3) is 0 Å². The second-order valence-corrected chi connectivity index (χ2v) is 19.5. The van der Waals surface area contributed by atoms with Crippen LogP contribution in [0.3, 0.4) is 0 Å². The molecule has 0 amide bonds. The predicted molar refractivity (Wildman–Crippen MR) is 251 cm³/mol. The molecule has 3 aromatic carbocycles. The number of piperidine rings is 1. The van der Waals surface area contributed by atoms with Gasteiger partial charge in [0, 0.05) is 61.7 Å². The number of aliphatic hydroxyl groups is 4. The molecule has 7 rings (SSSR count). The number of nitrogens with two attached hydrogens (primary N) is 1. The molecule has 65 heavy (non-hydrogen) atoms. The number of benzene rings is 3. The molecule has 13 nitrogen and oxygen atoms in total. The molecule has 13 heteroatoms. The Bertz CT molecular complexity index is 2200. The molecule has 1 spiro atoms. The summed E-state index contributed by atoms with van der Waals surface area (Å²) in [4.78, 5) is 17.7. The Morgan fingerprint density at radius 1 is 1.05 bits per heavy atom. The van der Waals surface area contributed by atoms with Crippen LogP contribution in [0.4, 0.5) is 0 Å². The van der Waals surface area contributed by atoms with E-state index in [0.29, 0.717) is 50.9 Å². The molecule has 3 aromatic rings. The van der Waals surface area contributed by atoms with E-state index < -0.39 is 47.8 Å². The number of aromatic hydroxyl groups is 1. The molecule has 352 valence electrons. The van der Waals surface area contributed by atoms with Crippen LogP contribution in [0.25, 0.3) is 0 Å². The highest BCUT2D eigenvalue weighted by Crippen LogP contribution is 2.41. The van der Waals surface area contributed by atoms with Crippen molar-refractivity contribution in [3.8, 4) is 23.3 Å². The number of phenolic OH excluding ortho intramolecular Hbond substituents is 1. The number of nitrogens with one attached hydrogen (secondary N) is 3. The third kappa shape index (κ3) is 12.4. The standard InChI is InChI=1S/C52H71N5O8/c1-32-19-33(2)21-37(20-32)23-41-29-55-50(53)56-30-51(34(3)58)15-10-38-9-6-14-52(31-54-17-12-36-7-5-8-39(41)22-36)28-43(13-18-57-52)65-48-25-40(45(49(62)63)27-46(48)61)24-44(38)47(64-35(4)59)26-42(60)11-16-51/h5,7-8,19-22,25,27,34,38,41-44,47,49,54,57-58,60-63H,6,9,11-14,16-18,23-24,26,28-31H2,1-4H3,(H3,53,55,56)/t34-,38-,41-,42-,43+,44-,47-,51+,52+/m0/s1. The van der Waals surface area contributed by atoms with Crippen molar-refractivity contribution in [1.29, 1.82) is 0 Å². The number of phenols is 1. The highest BCUT2D eigenvalue weighted by molar-refractivity contribution is 5.78. The van der Waals surface area contributed by atoms with E-state index in [1.807, 2.05) is 0 Å². The van der Waals surface area contributed by atoms with Crippen LogP contribution in [0.2, 0.25) is 0 Å². The third-order valence-electron chi connectivity index (χ3n) is 14.4. The summed E-state index contributed by atoms with van der Waals surface area (Å²) in [5, 5.41) is 67.1. The lowest BCUT2D eigenvalue weighted by Gasteiger charge is -2.43. The van der Waals surface area contributed by atoms with E-state index in [1.165, 1.54) is 40.8 Å². The Morgan fingerprint density at radius 3 is 2.60 bits per heavy atom. The van der Waals surface area contributed by atoms with Gasteiger partial charge in [-0.25, -0.2) is 0 Å². The molecule has 1 aliphatic carbocycles. The Kier molecular flexibility index (Phi) is 15.8. The first-order valence-corrected chi connectivity index (χ1v) is 23.7. The van der Waals surface area contributed by atoms with Crippen molar-refractivity contribution in [2.75, 3.05) is 32.7 Å². The van der Waals surface area contributed by atoms with Crippen LogP contribution < -0.4 is 26.4 Å². The number of esters is 1. The minimum atomic E-state index is -1.91. The zero-order valence-electron chi connectivity index (χ0n) is 38.6. The smallest absolute Gasteiger partial charge is 0.302 e. The van der Waals surface area contributed by atoms with E-state index in [9.17, 15) is 30.3 Å². The fourth-order valence-electron chi connectivity index (χ4n) is 10.8. The number of hydrogen-bond donors (Lipinski definition) is 9. The van der Waals surface area contributed by atoms with Crippen molar-refractivity contribution in [2.45, 2.75) is 140 Å². The van der Waals surface area contributed by atoms with Gasteiger partial charge in [0.1, 0.15) is 12.2 Å². The lowest BCUT2D eigenvalue weighted by atomic mass is 9.72. The lowest BCUT2D eigenvalue weighted by Crippen LogP contribution is -2.59.